The van der Waals surface area contributed by atoms with Crippen molar-refractivity contribution in [2.24, 2.45) is 0 Å². The van der Waals surface area contributed by atoms with Crippen molar-refractivity contribution in [3.05, 3.63) is 107 Å². The zero-order valence-corrected chi connectivity index (χ0v) is 21.1. The lowest BCUT2D eigenvalue weighted by atomic mass is 9.86. The van der Waals surface area contributed by atoms with Crippen molar-refractivity contribution in [1.82, 2.24) is 0 Å². The SMILES string of the molecule is CCCCN1C(=CC2=C(O)C(=Cc3ccc4ccccc4[n+]3CCCC)C2=O)C=Cc2ccccc21. The number of aliphatic hydroxyl groups excluding tert-OH is 1. The summed E-state index contributed by atoms with van der Waals surface area (Å²) >= 11 is 0. The van der Waals surface area contributed by atoms with Gasteiger partial charge in [0.05, 0.1) is 11.1 Å². The molecule has 1 aliphatic carbocycles. The molecule has 3 aromatic rings. The van der Waals surface area contributed by atoms with E-state index in [-0.39, 0.29) is 11.5 Å². The maximum atomic E-state index is 13.2. The summed E-state index contributed by atoms with van der Waals surface area (Å²) in [5.41, 5.74) is 6.05. The Hall–Kier alpha value is -3.92. The van der Waals surface area contributed by atoms with Crippen molar-refractivity contribution in [2.45, 2.75) is 46.1 Å². The van der Waals surface area contributed by atoms with E-state index in [0.717, 1.165) is 72.3 Å². The monoisotopic (exact) mass is 477 g/mol. The number of fused-ring (bicyclic) bond motifs is 2. The van der Waals surface area contributed by atoms with Crippen LogP contribution in [0.3, 0.4) is 0 Å². The average molecular weight is 478 g/mol. The summed E-state index contributed by atoms with van der Waals surface area (Å²) in [4.78, 5) is 15.5. The smallest absolute Gasteiger partial charge is 0.212 e. The predicted molar refractivity (Wildman–Crippen MR) is 148 cm³/mol. The van der Waals surface area contributed by atoms with Crippen LogP contribution in [0.4, 0.5) is 5.69 Å². The van der Waals surface area contributed by atoms with Crippen LogP contribution in [-0.4, -0.2) is 17.4 Å². The molecule has 0 unspecified atom stereocenters. The highest BCUT2D eigenvalue weighted by atomic mass is 16.3. The highest BCUT2D eigenvalue weighted by molar-refractivity contribution is 6.23. The van der Waals surface area contributed by atoms with E-state index < -0.39 is 0 Å². The van der Waals surface area contributed by atoms with Crippen molar-refractivity contribution in [1.29, 1.82) is 0 Å². The number of anilines is 1. The van der Waals surface area contributed by atoms with Gasteiger partial charge in [-0.1, -0.05) is 63.1 Å². The molecular formula is C32H33N2O2+. The number of hydrogen-bond acceptors (Lipinski definition) is 3. The van der Waals surface area contributed by atoms with Crippen LogP contribution in [0.25, 0.3) is 23.1 Å². The molecule has 36 heavy (non-hydrogen) atoms. The third-order valence-electron chi connectivity index (χ3n) is 7.00. The van der Waals surface area contributed by atoms with Gasteiger partial charge in [-0.25, -0.2) is 0 Å². The number of pyridine rings is 1. The second-order valence-electron chi connectivity index (χ2n) is 9.44. The molecule has 0 bridgehead atoms. The summed E-state index contributed by atoms with van der Waals surface area (Å²) in [5.74, 6) is -0.0386. The fourth-order valence-electron chi connectivity index (χ4n) is 4.95. The summed E-state index contributed by atoms with van der Waals surface area (Å²) in [6, 6.07) is 20.7. The fourth-order valence-corrected chi connectivity index (χ4v) is 4.95. The normalized spacial score (nSPS) is 17.3. The van der Waals surface area contributed by atoms with Crippen LogP contribution in [0.2, 0.25) is 0 Å². The molecule has 0 atom stereocenters. The Balaban J connectivity index is 1.51. The Labute approximate surface area is 213 Å². The standard InChI is InChI=1S/C32H32N2O2/c1-3-5-19-33-25(17-15-23-11-7-9-13-29(23)33)21-27-31(35)28(32(27)36)22-26-18-16-24-12-8-10-14-30(24)34(26)20-6-4-2/h7-18,21-22H,3-6,19-20H2,1-2H3/p+1. The first-order valence-corrected chi connectivity index (χ1v) is 13.0. The van der Waals surface area contributed by atoms with Gasteiger partial charge in [-0.3, -0.25) is 4.79 Å². The van der Waals surface area contributed by atoms with E-state index in [9.17, 15) is 9.90 Å². The number of unbranched alkanes of at least 4 members (excludes halogenated alkanes) is 2. The van der Waals surface area contributed by atoms with Crippen LogP contribution >= 0.6 is 0 Å². The number of rotatable bonds is 8. The fraction of sp³-hybridized carbons (Fsp3) is 0.250. The third-order valence-corrected chi connectivity index (χ3v) is 7.00. The number of nitrogens with zero attached hydrogens (tertiary/aromatic N) is 2. The number of aryl methyl sites for hydroxylation is 1. The van der Waals surface area contributed by atoms with Gasteiger partial charge in [-0.05, 0) is 42.3 Å². The number of allylic oxidation sites excluding steroid dienone is 4. The summed E-state index contributed by atoms with van der Waals surface area (Å²) in [5, 5.41) is 12.1. The number of para-hydroxylation sites is 2. The Morgan fingerprint density at radius 1 is 0.889 bits per heavy atom. The molecule has 2 aliphatic rings. The maximum absolute atomic E-state index is 13.2. The van der Waals surface area contributed by atoms with Crippen LogP contribution < -0.4 is 9.47 Å². The van der Waals surface area contributed by atoms with Crippen molar-refractivity contribution in [3.63, 3.8) is 0 Å². The van der Waals surface area contributed by atoms with Gasteiger partial charge in [0.2, 0.25) is 17.0 Å². The van der Waals surface area contributed by atoms with Gasteiger partial charge in [0.15, 0.2) is 0 Å². The van der Waals surface area contributed by atoms with E-state index in [4.69, 9.17) is 0 Å². The predicted octanol–water partition coefficient (Wildman–Crippen LogP) is 6.92. The van der Waals surface area contributed by atoms with Gasteiger partial charge >= 0.3 is 0 Å². The Morgan fingerprint density at radius 2 is 1.67 bits per heavy atom. The Morgan fingerprint density at radius 3 is 2.47 bits per heavy atom. The first-order chi connectivity index (χ1) is 17.6. The zero-order valence-electron chi connectivity index (χ0n) is 21.1. The lowest BCUT2D eigenvalue weighted by molar-refractivity contribution is -0.673. The highest BCUT2D eigenvalue weighted by Gasteiger charge is 2.34. The molecule has 0 saturated carbocycles. The number of ketones is 1. The van der Waals surface area contributed by atoms with E-state index in [1.807, 2.05) is 48.6 Å². The molecule has 2 heterocycles. The molecule has 0 radical (unpaired) electrons. The first-order valence-electron chi connectivity index (χ1n) is 13.0. The van der Waals surface area contributed by atoms with Gasteiger partial charge in [0.1, 0.15) is 12.3 Å². The van der Waals surface area contributed by atoms with Crippen LogP contribution in [-0.2, 0) is 11.3 Å². The van der Waals surface area contributed by atoms with Gasteiger partial charge in [-0.15, -0.1) is 0 Å². The van der Waals surface area contributed by atoms with E-state index in [0.29, 0.717) is 11.1 Å². The molecule has 5 rings (SSSR count). The van der Waals surface area contributed by atoms with E-state index >= 15 is 0 Å². The Kier molecular flexibility index (Phi) is 6.86. The number of aromatic nitrogens is 1. The van der Waals surface area contributed by atoms with Gasteiger partial charge < -0.3 is 10.0 Å². The number of carbonyl (C=O) groups excluding carboxylic acids is 1. The summed E-state index contributed by atoms with van der Waals surface area (Å²) in [6.07, 6.45) is 12.0. The van der Waals surface area contributed by atoms with E-state index in [1.165, 1.54) is 0 Å². The second-order valence-corrected chi connectivity index (χ2v) is 9.44. The molecule has 1 aromatic heterocycles. The molecule has 2 aromatic carbocycles. The van der Waals surface area contributed by atoms with Crippen LogP contribution in [0, 0.1) is 0 Å². The van der Waals surface area contributed by atoms with Crippen LogP contribution in [0.15, 0.2) is 95.4 Å². The topological polar surface area (TPSA) is 44.4 Å². The first kappa shape index (κ1) is 23.8. The van der Waals surface area contributed by atoms with Crippen molar-refractivity contribution in [2.75, 3.05) is 11.4 Å². The molecular weight excluding hydrogens is 444 g/mol. The molecule has 4 nitrogen and oxygen atoms in total. The second kappa shape index (κ2) is 10.4. The van der Waals surface area contributed by atoms with E-state index in [2.05, 4.69) is 59.7 Å². The number of hydrogen-bond donors (Lipinski definition) is 1. The average Bonchev–Trinajstić information content (AvgIpc) is 2.92. The molecule has 1 aliphatic heterocycles. The van der Waals surface area contributed by atoms with Gasteiger partial charge in [0, 0.05) is 47.9 Å². The van der Waals surface area contributed by atoms with Crippen molar-refractivity contribution in [3.8, 4) is 0 Å². The van der Waals surface area contributed by atoms with Crippen molar-refractivity contribution < 1.29 is 14.5 Å². The minimum Gasteiger partial charge on any atom is -0.506 e. The molecule has 182 valence electrons. The summed E-state index contributed by atoms with van der Waals surface area (Å²) in [6.45, 7) is 6.08. The minimum absolute atomic E-state index is 0.0744. The molecule has 4 heteroatoms. The highest BCUT2D eigenvalue weighted by Crippen LogP contribution is 2.36. The van der Waals surface area contributed by atoms with Crippen molar-refractivity contribution >= 4 is 34.5 Å². The molecule has 1 N–H and O–H groups in total. The molecule has 0 fully saturated rings. The Bertz CT molecular complexity index is 1440. The zero-order chi connectivity index (χ0) is 25.1. The summed E-state index contributed by atoms with van der Waals surface area (Å²) < 4.78 is 2.25. The minimum atomic E-state index is -0.113. The molecule has 0 saturated heterocycles. The van der Waals surface area contributed by atoms with E-state index in [1.54, 1.807) is 0 Å². The van der Waals surface area contributed by atoms with Gasteiger partial charge in [-0.2, -0.15) is 4.57 Å². The quantitative estimate of drug-likeness (QED) is 0.283. The summed E-state index contributed by atoms with van der Waals surface area (Å²) in [7, 11) is 0. The number of carbonyl (C=O) groups is 1. The van der Waals surface area contributed by atoms with Gasteiger partial charge in [0.25, 0.3) is 0 Å². The molecule has 0 amide bonds. The lowest BCUT2D eigenvalue weighted by Crippen LogP contribution is -2.38. The number of benzene rings is 2. The number of Topliss-reactive ketones (excluding diaryl/α,β-unsaturated/α-hetero) is 1. The lowest BCUT2D eigenvalue weighted by Gasteiger charge is -2.31. The maximum Gasteiger partial charge on any atom is 0.212 e. The molecule has 0 spiro atoms. The van der Waals surface area contributed by atoms with Crippen LogP contribution in [0.1, 0.15) is 50.8 Å². The van der Waals surface area contributed by atoms with Crippen LogP contribution in [0.5, 0.6) is 0 Å². The third kappa shape index (κ3) is 4.39. The number of aliphatic hydroxyl groups is 1. The largest absolute Gasteiger partial charge is 0.506 e.